The number of hydrogen-bond acceptors (Lipinski definition) is 18. The summed E-state index contributed by atoms with van der Waals surface area (Å²) < 4.78 is 33.8. The minimum Gasteiger partial charge on any atom is -0.496 e. The van der Waals surface area contributed by atoms with Gasteiger partial charge >= 0.3 is 17.9 Å². The molecule has 2 amide bonds. The molecule has 2 aromatic carbocycles. The lowest BCUT2D eigenvalue weighted by atomic mass is 9.47. The molecule has 450 valence electrons. The zero-order valence-electron chi connectivity index (χ0n) is 49.1. The standard InChI is InChI=1S/C62H87N5O15/c1-9-41(82-51(35-68)78-7)36-81-50(70)20-14-19-49(69)64-38(4)52(71)80-28-16-24-63-56(73)62(76)54-60(23-27-67-25-15-22-59(11-3,53(60)67)55(62)72)45-30-46(48(77-6)31-47(45)65(54)5)61(57(74)79-8)33-39-32-58(75,10-2)37-66(34-39)26-21-43-42-18-13-12-17-40(42)29-44(43)61/h12-13,15,17-18,22,30-31,38-39,41,51,53-55,68,72,75-76H,9-11,14,16,19-21,23-29,32-37H2,1-8H3,(H,63,73)(H,64,69)/t38-,39?,41?,51?,53?,54?,55-,58?,59-,60?,61-,62+/m1/s1. The van der Waals surface area contributed by atoms with Crippen molar-refractivity contribution in [3.63, 3.8) is 0 Å². The van der Waals surface area contributed by atoms with Gasteiger partial charge < -0.3 is 64.4 Å². The largest absolute Gasteiger partial charge is 0.496 e. The molecule has 5 heterocycles. The first-order chi connectivity index (χ1) is 39.3. The van der Waals surface area contributed by atoms with Gasteiger partial charge in [-0.2, -0.15) is 0 Å². The lowest BCUT2D eigenvalue weighted by Gasteiger charge is -2.63. The third-order valence-electron chi connectivity index (χ3n) is 19.6. The molecule has 2 aliphatic carbocycles. The Labute approximate surface area is 481 Å². The van der Waals surface area contributed by atoms with Gasteiger partial charge in [0, 0.05) is 93.9 Å². The lowest BCUT2D eigenvalue weighted by molar-refractivity contribution is -0.203. The van der Waals surface area contributed by atoms with Gasteiger partial charge in [-0.1, -0.05) is 57.2 Å². The second-order valence-corrected chi connectivity index (χ2v) is 24.0. The number of anilines is 1. The monoisotopic (exact) mass is 1140 g/mol. The van der Waals surface area contributed by atoms with Crippen LogP contribution in [0.2, 0.25) is 0 Å². The van der Waals surface area contributed by atoms with Crippen LogP contribution in [0.25, 0.3) is 5.57 Å². The van der Waals surface area contributed by atoms with Crippen molar-refractivity contribution in [2.45, 2.75) is 163 Å². The zero-order chi connectivity index (χ0) is 58.9. The predicted octanol–water partition coefficient (Wildman–Crippen LogP) is 3.60. The number of benzene rings is 2. The van der Waals surface area contributed by atoms with Crippen LogP contribution in [-0.4, -0.2) is 195 Å². The number of fused-ring (bicyclic) bond motifs is 5. The number of amides is 2. The molecule has 20 nitrogen and oxygen atoms in total. The van der Waals surface area contributed by atoms with Gasteiger partial charge in [-0.25, -0.2) is 4.79 Å². The number of likely N-dealkylation sites (N-methyl/N-ethyl adjacent to an activating group) is 1. The smallest absolute Gasteiger partial charge is 0.328 e. The molecule has 7 aliphatic rings. The highest BCUT2D eigenvalue weighted by Crippen LogP contribution is 2.68. The van der Waals surface area contributed by atoms with E-state index in [9.17, 15) is 34.8 Å². The summed E-state index contributed by atoms with van der Waals surface area (Å²) in [5.41, 5.74) is -0.324. The number of carbonyl (C=O) groups excluding carboxylic acids is 5. The Balaban J connectivity index is 0.957. The van der Waals surface area contributed by atoms with Gasteiger partial charge in [-0.15, -0.1) is 0 Å². The number of aliphatic hydroxyl groups excluding tert-OH is 2. The van der Waals surface area contributed by atoms with Crippen LogP contribution in [0.15, 0.2) is 54.1 Å². The predicted molar refractivity (Wildman–Crippen MR) is 303 cm³/mol. The van der Waals surface area contributed by atoms with E-state index in [1.54, 1.807) is 7.11 Å². The van der Waals surface area contributed by atoms with Crippen molar-refractivity contribution in [2.75, 3.05) is 92.4 Å². The number of carbonyl (C=O) groups is 5. The lowest BCUT2D eigenvalue weighted by Crippen LogP contribution is -2.81. The number of aliphatic hydroxyl groups is 4. The van der Waals surface area contributed by atoms with E-state index in [0.29, 0.717) is 101 Å². The number of esters is 3. The van der Waals surface area contributed by atoms with Gasteiger partial charge in [0.25, 0.3) is 5.91 Å². The Morgan fingerprint density at radius 1 is 0.927 bits per heavy atom. The Morgan fingerprint density at radius 3 is 2.41 bits per heavy atom. The first-order valence-corrected chi connectivity index (χ1v) is 29.6. The molecule has 8 unspecified atom stereocenters. The van der Waals surface area contributed by atoms with E-state index in [1.165, 1.54) is 21.1 Å². The van der Waals surface area contributed by atoms with Crippen LogP contribution >= 0.6 is 0 Å². The van der Waals surface area contributed by atoms with Gasteiger partial charge in [0.15, 0.2) is 11.9 Å². The average molecular weight is 1140 g/mol. The van der Waals surface area contributed by atoms with Crippen molar-refractivity contribution in [3.05, 3.63) is 76.4 Å². The molecule has 20 heteroatoms. The normalized spacial score (nSPS) is 31.6. The summed E-state index contributed by atoms with van der Waals surface area (Å²) in [5, 5.41) is 53.6. The molecule has 6 N–H and O–H groups in total. The molecule has 9 rings (SSSR count). The minimum atomic E-state index is -2.41. The molecular formula is C62H87N5O15. The highest BCUT2D eigenvalue weighted by Gasteiger charge is 2.78. The van der Waals surface area contributed by atoms with E-state index in [-0.39, 0.29) is 64.0 Å². The van der Waals surface area contributed by atoms with E-state index in [1.807, 2.05) is 63.1 Å². The van der Waals surface area contributed by atoms with Crippen LogP contribution in [0.3, 0.4) is 0 Å². The van der Waals surface area contributed by atoms with Crippen molar-refractivity contribution in [3.8, 4) is 5.75 Å². The Morgan fingerprint density at radius 2 is 1.71 bits per heavy atom. The fourth-order valence-corrected chi connectivity index (χ4v) is 15.8. The number of rotatable bonds is 23. The first kappa shape index (κ1) is 61.1. The Bertz CT molecular complexity index is 2790. The minimum absolute atomic E-state index is 0.0242. The summed E-state index contributed by atoms with van der Waals surface area (Å²) in [6.07, 6.45) is 5.40. The van der Waals surface area contributed by atoms with Crippen molar-refractivity contribution in [1.82, 2.24) is 20.4 Å². The molecule has 82 heavy (non-hydrogen) atoms. The maximum atomic E-state index is 15.6. The molecular weight excluding hydrogens is 1050 g/mol. The number of nitrogens with one attached hydrogen (secondary N) is 2. The van der Waals surface area contributed by atoms with Crippen LogP contribution in [-0.2, 0) is 64.9 Å². The van der Waals surface area contributed by atoms with E-state index < -0.39 is 87.8 Å². The SMILES string of the molecule is CCC(COC(=O)CCCC(=O)N[C@H](C)C(=O)OCCCNC(=O)[C@]1(O)C2N(C)c3cc(OC)c([C@@]4(C(=O)OC)CC5CN(CCC6=C4Cc4ccccc46)CC(O)(CC)C5)cc3C23CCN2CC=C[C@](CC)(C23)[C@H]1O)OC(CO)OC. The van der Waals surface area contributed by atoms with Gasteiger partial charge in [0.05, 0.1) is 45.2 Å². The van der Waals surface area contributed by atoms with Crippen LogP contribution in [0.5, 0.6) is 5.75 Å². The molecule has 0 aromatic heterocycles. The number of hydrogen-bond donors (Lipinski definition) is 6. The third-order valence-corrected chi connectivity index (χ3v) is 19.6. The van der Waals surface area contributed by atoms with E-state index in [4.69, 9.17) is 28.4 Å². The number of nitrogens with zero attached hydrogens (tertiary/aromatic N) is 3. The van der Waals surface area contributed by atoms with Crippen LogP contribution < -0.4 is 20.3 Å². The van der Waals surface area contributed by atoms with Crippen LogP contribution in [0.4, 0.5) is 5.69 Å². The molecule has 2 aromatic rings. The summed E-state index contributed by atoms with van der Waals surface area (Å²) in [5.74, 6) is -2.54. The van der Waals surface area contributed by atoms with Crippen LogP contribution in [0.1, 0.15) is 121 Å². The maximum absolute atomic E-state index is 15.6. The summed E-state index contributed by atoms with van der Waals surface area (Å²) >= 11 is 0. The fraction of sp³-hybridized carbons (Fsp3) is 0.661. The molecule has 5 aliphatic heterocycles. The maximum Gasteiger partial charge on any atom is 0.328 e. The van der Waals surface area contributed by atoms with E-state index in [2.05, 4.69) is 38.6 Å². The molecule has 3 fully saturated rings. The average Bonchev–Trinajstić information content (AvgIpc) is 1.54. The van der Waals surface area contributed by atoms with Gasteiger partial charge in [0.2, 0.25) is 5.91 Å². The van der Waals surface area contributed by atoms with Crippen molar-refractivity contribution >= 4 is 41.0 Å². The first-order valence-electron chi connectivity index (χ1n) is 29.6. The molecule has 1 saturated carbocycles. The molecule has 2 bridgehead atoms. The van der Waals surface area contributed by atoms with Gasteiger partial charge in [-0.05, 0) is 117 Å². The molecule has 0 radical (unpaired) electrons. The second kappa shape index (κ2) is 24.6. The van der Waals surface area contributed by atoms with E-state index in [0.717, 1.165) is 27.8 Å². The number of piperidine rings is 1. The Kier molecular flexibility index (Phi) is 18.4. The number of ether oxygens (including phenoxy) is 6. The van der Waals surface area contributed by atoms with Crippen LogP contribution in [0, 0.1) is 11.3 Å². The van der Waals surface area contributed by atoms with Gasteiger partial charge in [-0.3, -0.25) is 29.0 Å². The topological polar surface area (TPSA) is 255 Å². The quantitative estimate of drug-likeness (QED) is 0.0306. The van der Waals surface area contributed by atoms with Crippen molar-refractivity contribution in [2.24, 2.45) is 11.3 Å². The van der Waals surface area contributed by atoms with Crippen molar-refractivity contribution in [1.29, 1.82) is 0 Å². The third kappa shape index (κ3) is 10.5. The molecule has 13 atom stereocenters. The Hall–Kier alpha value is -5.45. The summed E-state index contributed by atoms with van der Waals surface area (Å²) in [6, 6.07) is 10.0. The van der Waals surface area contributed by atoms with Crippen molar-refractivity contribution < 1.29 is 72.8 Å². The molecule has 1 spiro atoms. The molecule has 2 saturated heterocycles. The highest BCUT2D eigenvalue weighted by molar-refractivity contribution is 5.96. The van der Waals surface area contributed by atoms with E-state index >= 15 is 9.59 Å². The second-order valence-electron chi connectivity index (χ2n) is 24.0. The fourth-order valence-electron chi connectivity index (χ4n) is 15.8. The highest BCUT2D eigenvalue weighted by atomic mass is 16.7. The summed E-state index contributed by atoms with van der Waals surface area (Å²) in [4.78, 5) is 75.6. The van der Waals surface area contributed by atoms with Gasteiger partial charge in [0.1, 0.15) is 29.9 Å². The zero-order valence-corrected chi connectivity index (χ0v) is 49.1. The summed E-state index contributed by atoms with van der Waals surface area (Å²) in [6.45, 7) is 9.96. The summed E-state index contributed by atoms with van der Waals surface area (Å²) in [7, 11) is 6.28. The number of methoxy groups -OCH3 is 3.